The van der Waals surface area contributed by atoms with Crippen molar-refractivity contribution in [1.82, 2.24) is 15.0 Å². The van der Waals surface area contributed by atoms with Crippen molar-refractivity contribution in [3.8, 4) is 22.8 Å². The number of para-hydroxylation sites is 1. The SMILES string of the molecule is Clc1cc(-c2ccccc2)nc(-c2ccc3ccccc3n2)n1. The molecule has 2 aromatic carbocycles. The van der Waals surface area contributed by atoms with Gasteiger partial charge in [-0.15, -0.1) is 0 Å². The molecule has 0 saturated heterocycles. The lowest BCUT2D eigenvalue weighted by Gasteiger charge is -2.06. The van der Waals surface area contributed by atoms with E-state index in [4.69, 9.17) is 11.6 Å². The Hall–Kier alpha value is -2.78. The molecule has 0 radical (unpaired) electrons. The van der Waals surface area contributed by atoms with E-state index in [0.29, 0.717) is 16.7 Å². The van der Waals surface area contributed by atoms with E-state index in [-0.39, 0.29) is 0 Å². The van der Waals surface area contributed by atoms with Gasteiger partial charge in [0.25, 0.3) is 0 Å². The maximum absolute atomic E-state index is 6.19. The minimum Gasteiger partial charge on any atom is -0.244 e. The van der Waals surface area contributed by atoms with E-state index in [1.807, 2.05) is 66.7 Å². The first-order chi connectivity index (χ1) is 11.3. The van der Waals surface area contributed by atoms with Crippen molar-refractivity contribution >= 4 is 22.5 Å². The van der Waals surface area contributed by atoms with Crippen molar-refractivity contribution in [2.24, 2.45) is 0 Å². The summed E-state index contributed by atoms with van der Waals surface area (Å²) in [4.78, 5) is 13.6. The van der Waals surface area contributed by atoms with Crippen LogP contribution in [-0.2, 0) is 0 Å². The zero-order valence-corrected chi connectivity index (χ0v) is 12.9. The molecule has 23 heavy (non-hydrogen) atoms. The van der Waals surface area contributed by atoms with Crippen LogP contribution in [0.25, 0.3) is 33.7 Å². The number of aromatic nitrogens is 3. The van der Waals surface area contributed by atoms with Crippen LogP contribution in [0.3, 0.4) is 0 Å². The summed E-state index contributed by atoms with van der Waals surface area (Å²) in [5, 5.41) is 1.49. The van der Waals surface area contributed by atoms with E-state index in [1.165, 1.54) is 0 Å². The predicted octanol–water partition coefficient (Wildman–Crippen LogP) is 5.01. The molecule has 4 heteroatoms. The largest absolute Gasteiger partial charge is 0.244 e. The lowest BCUT2D eigenvalue weighted by molar-refractivity contribution is 1.15. The number of fused-ring (bicyclic) bond motifs is 1. The van der Waals surface area contributed by atoms with E-state index in [9.17, 15) is 0 Å². The van der Waals surface area contributed by atoms with Crippen LogP contribution in [0, 0.1) is 0 Å². The standard InChI is InChI=1S/C19H12ClN3/c20-18-12-17(13-6-2-1-3-7-13)22-19(23-18)16-11-10-14-8-4-5-9-15(14)21-16/h1-12H. The van der Waals surface area contributed by atoms with Crippen LogP contribution in [0.1, 0.15) is 0 Å². The minimum absolute atomic E-state index is 0.406. The third-order valence-corrected chi connectivity index (χ3v) is 3.79. The summed E-state index contributed by atoms with van der Waals surface area (Å²) in [5.41, 5.74) is 3.41. The smallest absolute Gasteiger partial charge is 0.180 e. The van der Waals surface area contributed by atoms with Crippen molar-refractivity contribution in [1.29, 1.82) is 0 Å². The molecule has 2 aromatic heterocycles. The molecule has 0 aliphatic carbocycles. The Balaban J connectivity index is 1.86. The van der Waals surface area contributed by atoms with Gasteiger partial charge in [0.2, 0.25) is 0 Å². The van der Waals surface area contributed by atoms with Gasteiger partial charge in [-0.3, -0.25) is 0 Å². The zero-order chi connectivity index (χ0) is 15.6. The molecule has 0 unspecified atom stereocenters. The molecular weight excluding hydrogens is 306 g/mol. The topological polar surface area (TPSA) is 38.7 Å². The summed E-state index contributed by atoms with van der Waals surface area (Å²) >= 11 is 6.19. The van der Waals surface area contributed by atoms with Gasteiger partial charge in [0.1, 0.15) is 10.8 Å². The monoisotopic (exact) mass is 317 g/mol. The minimum atomic E-state index is 0.406. The van der Waals surface area contributed by atoms with Crippen LogP contribution in [-0.4, -0.2) is 15.0 Å². The molecule has 0 atom stereocenters. The molecule has 4 rings (SSSR count). The normalized spacial score (nSPS) is 10.8. The highest BCUT2D eigenvalue weighted by molar-refractivity contribution is 6.29. The summed E-state index contributed by atoms with van der Waals surface area (Å²) in [7, 11) is 0. The van der Waals surface area contributed by atoms with Crippen molar-refractivity contribution in [3.63, 3.8) is 0 Å². The fraction of sp³-hybridized carbons (Fsp3) is 0. The number of nitrogens with zero attached hydrogens (tertiary/aromatic N) is 3. The number of halogens is 1. The van der Waals surface area contributed by atoms with E-state index >= 15 is 0 Å². The Morgan fingerprint density at radius 3 is 2.30 bits per heavy atom. The van der Waals surface area contributed by atoms with Crippen LogP contribution in [0.4, 0.5) is 0 Å². The zero-order valence-electron chi connectivity index (χ0n) is 12.1. The summed E-state index contributed by atoms with van der Waals surface area (Å²) in [6.07, 6.45) is 0. The fourth-order valence-electron chi connectivity index (χ4n) is 2.48. The molecular formula is C19H12ClN3. The molecule has 0 saturated carbocycles. The van der Waals surface area contributed by atoms with Gasteiger partial charge in [0, 0.05) is 17.0 Å². The Kier molecular flexibility index (Phi) is 3.48. The Labute approximate surface area is 138 Å². The van der Waals surface area contributed by atoms with Crippen LogP contribution >= 0.6 is 11.6 Å². The van der Waals surface area contributed by atoms with Crippen LogP contribution < -0.4 is 0 Å². The molecule has 0 amide bonds. The molecule has 0 aliphatic heterocycles. The van der Waals surface area contributed by atoms with Crippen LogP contribution in [0.15, 0.2) is 72.8 Å². The van der Waals surface area contributed by atoms with E-state index in [0.717, 1.165) is 22.2 Å². The number of pyridine rings is 1. The first-order valence-electron chi connectivity index (χ1n) is 7.26. The number of benzene rings is 2. The number of hydrogen-bond acceptors (Lipinski definition) is 3. The van der Waals surface area contributed by atoms with Gasteiger partial charge in [-0.25, -0.2) is 15.0 Å². The summed E-state index contributed by atoms with van der Waals surface area (Å²) in [6, 6.07) is 23.6. The molecule has 0 N–H and O–H groups in total. The second-order valence-electron chi connectivity index (χ2n) is 5.15. The van der Waals surface area contributed by atoms with Gasteiger partial charge in [0.15, 0.2) is 5.82 Å². The van der Waals surface area contributed by atoms with E-state index in [2.05, 4.69) is 15.0 Å². The third-order valence-electron chi connectivity index (χ3n) is 3.59. The maximum Gasteiger partial charge on any atom is 0.180 e. The van der Waals surface area contributed by atoms with Crippen LogP contribution in [0.5, 0.6) is 0 Å². The molecule has 0 aliphatic rings. The molecule has 0 spiro atoms. The average molecular weight is 318 g/mol. The first kappa shape index (κ1) is 13.9. The Morgan fingerprint density at radius 2 is 1.43 bits per heavy atom. The number of rotatable bonds is 2. The second kappa shape index (κ2) is 5.78. The first-order valence-corrected chi connectivity index (χ1v) is 7.63. The van der Waals surface area contributed by atoms with Crippen molar-refractivity contribution in [2.75, 3.05) is 0 Å². The van der Waals surface area contributed by atoms with Gasteiger partial charge < -0.3 is 0 Å². The van der Waals surface area contributed by atoms with E-state index in [1.54, 1.807) is 6.07 Å². The van der Waals surface area contributed by atoms with Gasteiger partial charge in [-0.1, -0.05) is 66.2 Å². The lowest BCUT2D eigenvalue weighted by Crippen LogP contribution is -1.95. The van der Waals surface area contributed by atoms with Crippen molar-refractivity contribution in [2.45, 2.75) is 0 Å². The molecule has 4 aromatic rings. The molecule has 3 nitrogen and oxygen atoms in total. The lowest BCUT2D eigenvalue weighted by atomic mass is 10.1. The highest BCUT2D eigenvalue weighted by Crippen LogP contribution is 2.24. The highest BCUT2D eigenvalue weighted by atomic mass is 35.5. The fourth-order valence-corrected chi connectivity index (χ4v) is 2.66. The van der Waals surface area contributed by atoms with E-state index < -0.39 is 0 Å². The summed E-state index contributed by atoms with van der Waals surface area (Å²) in [6.45, 7) is 0. The second-order valence-corrected chi connectivity index (χ2v) is 5.54. The summed E-state index contributed by atoms with van der Waals surface area (Å²) in [5.74, 6) is 0.530. The van der Waals surface area contributed by atoms with Gasteiger partial charge in [0.05, 0.1) is 11.2 Å². The molecule has 0 fully saturated rings. The maximum atomic E-state index is 6.19. The van der Waals surface area contributed by atoms with Crippen molar-refractivity contribution in [3.05, 3.63) is 77.9 Å². The average Bonchev–Trinajstić information content (AvgIpc) is 2.61. The predicted molar refractivity (Wildman–Crippen MR) is 93.2 cm³/mol. The van der Waals surface area contributed by atoms with Gasteiger partial charge in [-0.2, -0.15) is 0 Å². The van der Waals surface area contributed by atoms with Gasteiger partial charge >= 0.3 is 0 Å². The third kappa shape index (κ3) is 2.79. The molecule has 110 valence electrons. The Morgan fingerprint density at radius 1 is 0.652 bits per heavy atom. The molecule has 0 bridgehead atoms. The van der Waals surface area contributed by atoms with Gasteiger partial charge in [-0.05, 0) is 12.1 Å². The summed E-state index contributed by atoms with van der Waals surface area (Å²) < 4.78 is 0. The number of hydrogen-bond donors (Lipinski definition) is 0. The highest BCUT2D eigenvalue weighted by Gasteiger charge is 2.09. The molecule has 2 heterocycles. The van der Waals surface area contributed by atoms with Crippen LogP contribution in [0.2, 0.25) is 5.15 Å². The Bertz CT molecular complexity index is 984. The van der Waals surface area contributed by atoms with Crippen molar-refractivity contribution < 1.29 is 0 Å². The quantitative estimate of drug-likeness (QED) is 0.488.